The van der Waals surface area contributed by atoms with Crippen LogP contribution in [0, 0.1) is 0 Å². The highest BCUT2D eigenvalue weighted by atomic mass is 35.5. The number of halogens is 1. The summed E-state index contributed by atoms with van der Waals surface area (Å²) >= 11 is 6.14. The molecule has 2 heterocycles. The number of aromatic nitrogens is 2. The van der Waals surface area contributed by atoms with Crippen molar-refractivity contribution in [2.45, 2.75) is 0 Å². The summed E-state index contributed by atoms with van der Waals surface area (Å²) in [6.07, 6.45) is 0. The second-order valence-electron chi connectivity index (χ2n) is 5.55. The molecular formula is C17H14ClN3O. The van der Waals surface area contributed by atoms with Crippen LogP contribution in [0.4, 0.5) is 0 Å². The normalized spacial score (nSPS) is 11.6. The number of H-pyrrole nitrogens is 1. The van der Waals surface area contributed by atoms with Gasteiger partial charge < -0.3 is 9.99 Å². The van der Waals surface area contributed by atoms with E-state index >= 15 is 0 Å². The molecule has 0 atom stereocenters. The van der Waals surface area contributed by atoms with Gasteiger partial charge >= 0.3 is 0 Å². The van der Waals surface area contributed by atoms with Crippen molar-refractivity contribution in [2.75, 3.05) is 19.1 Å². The van der Waals surface area contributed by atoms with Crippen LogP contribution < -0.4 is 10.6 Å². The fourth-order valence-electron chi connectivity index (χ4n) is 3.09. The van der Waals surface area contributed by atoms with Gasteiger partial charge in [-0.3, -0.25) is 4.79 Å². The molecule has 0 aliphatic heterocycles. The number of rotatable bonds is 1. The van der Waals surface area contributed by atoms with E-state index in [0.717, 1.165) is 27.2 Å². The van der Waals surface area contributed by atoms with Gasteiger partial charge in [-0.2, -0.15) is 0 Å². The van der Waals surface area contributed by atoms with Gasteiger partial charge in [0.25, 0.3) is 5.56 Å². The molecule has 0 aliphatic carbocycles. The second-order valence-corrected chi connectivity index (χ2v) is 5.98. The SMILES string of the molecule is CN(C)n1c(=O)c2[nH]c3ccc(Cl)cc3c2c2ccccc21. The molecule has 2 aromatic heterocycles. The lowest BCUT2D eigenvalue weighted by molar-refractivity contribution is 0.734. The van der Waals surface area contributed by atoms with Crippen molar-refractivity contribution in [3.8, 4) is 0 Å². The summed E-state index contributed by atoms with van der Waals surface area (Å²) in [6, 6.07) is 13.6. The Kier molecular flexibility index (Phi) is 2.71. The lowest BCUT2D eigenvalue weighted by Gasteiger charge is -2.19. The summed E-state index contributed by atoms with van der Waals surface area (Å²) in [7, 11) is 3.72. The second kappa shape index (κ2) is 4.52. The zero-order valence-corrected chi connectivity index (χ0v) is 13.0. The van der Waals surface area contributed by atoms with Crippen molar-refractivity contribution >= 4 is 44.3 Å². The topological polar surface area (TPSA) is 41.0 Å². The molecule has 4 nitrogen and oxygen atoms in total. The molecule has 0 fully saturated rings. The first-order valence-corrected chi connectivity index (χ1v) is 7.38. The van der Waals surface area contributed by atoms with Gasteiger partial charge in [0.05, 0.1) is 5.52 Å². The number of pyridine rings is 1. The Hall–Kier alpha value is -2.46. The number of hydrogen-bond acceptors (Lipinski definition) is 2. The fraction of sp³-hybridized carbons (Fsp3) is 0.118. The van der Waals surface area contributed by atoms with E-state index in [0.29, 0.717) is 10.5 Å². The largest absolute Gasteiger partial charge is 0.350 e. The third kappa shape index (κ3) is 1.67. The molecular weight excluding hydrogens is 298 g/mol. The van der Waals surface area contributed by atoms with E-state index in [9.17, 15) is 4.79 Å². The van der Waals surface area contributed by atoms with Gasteiger partial charge in [-0.1, -0.05) is 29.8 Å². The highest BCUT2D eigenvalue weighted by Gasteiger charge is 2.16. The number of nitrogens with zero attached hydrogens (tertiary/aromatic N) is 2. The van der Waals surface area contributed by atoms with Crippen LogP contribution in [0.15, 0.2) is 47.3 Å². The van der Waals surface area contributed by atoms with Crippen molar-refractivity contribution in [1.29, 1.82) is 0 Å². The van der Waals surface area contributed by atoms with Crippen molar-refractivity contribution < 1.29 is 0 Å². The summed E-state index contributed by atoms with van der Waals surface area (Å²) in [5, 5.41) is 5.38. The van der Waals surface area contributed by atoms with Crippen LogP contribution >= 0.6 is 11.6 Å². The van der Waals surface area contributed by atoms with Crippen LogP contribution in [-0.4, -0.2) is 23.8 Å². The highest BCUT2D eigenvalue weighted by molar-refractivity contribution is 6.32. The van der Waals surface area contributed by atoms with Crippen molar-refractivity contribution in [3.63, 3.8) is 0 Å². The maximum absolute atomic E-state index is 12.9. The molecule has 0 radical (unpaired) electrons. The van der Waals surface area contributed by atoms with Gasteiger partial charge in [-0.05, 0) is 24.3 Å². The monoisotopic (exact) mass is 311 g/mol. The molecule has 4 rings (SSSR count). The van der Waals surface area contributed by atoms with Crippen molar-refractivity contribution in [1.82, 2.24) is 9.66 Å². The van der Waals surface area contributed by atoms with E-state index in [1.165, 1.54) is 0 Å². The maximum atomic E-state index is 12.9. The van der Waals surface area contributed by atoms with E-state index in [4.69, 9.17) is 11.6 Å². The minimum Gasteiger partial charge on any atom is -0.350 e. The zero-order valence-electron chi connectivity index (χ0n) is 12.2. The summed E-state index contributed by atoms with van der Waals surface area (Å²) in [6.45, 7) is 0. The number of nitrogens with one attached hydrogen (secondary N) is 1. The number of hydrogen-bond donors (Lipinski definition) is 1. The van der Waals surface area contributed by atoms with Crippen molar-refractivity contribution in [3.05, 3.63) is 57.8 Å². The van der Waals surface area contributed by atoms with Crippen LogP contribution in [-0.2, 0) is 0 Å². The average molecular weight is 312 g/mol. The predicted molar refractivity (Wildman–Crippen MR) is 92.6 cm³/mol. The molecule has 0 spiro atoms. The Morgan fingerprint density at radius 3 is 2.64 bits per heavy atom. The molecule has 2 aromatic carbocycles. The van der Waals surface area contributed by atoms with E-state index in [1.54, 1.807) is 9.69 Å². The Morgan fingerprint density at radius 2 is 1.86 bits per heavy atom. The van der Waals surface area contributed by atoms with Gasteiger partial charge in [0, 0.05) is 40.8 Å². The molecule has 0 saturated carbocycles. The van der Waals surface area contributed by atoms with Gasteiger partial charge in [-0.15, -0.1) is 0 Å². The van der Waals surface area contributed by atoms with Crippen LogP contribution in [0.2, 0.25) is 5.02 Å². The molecule has 22 heavy (non-hydrogen) atoms. The quantitative estimate of drug-likeness (QED) is 0.584. The fourth-order valence-corrected chi connectivity index (χ4v) is 3.26. The molecule has 5 heteroatoms. The number of benzene rings is 2. The first-order chi connectivity index (χ1) is 10.6. The molecule has 4 aromatic rings. The van der Waals surface area contributed by atoms with E-state index in [-0.39, 0.29) is 5.56 Å². The highest BCUT2D eigenvalue weighted by Crippen LogP contribution is 2.31. The molecule has 0 aliphatic rings. The minimum atomic E-state index is -0.0639. The maximum Gasteiger partial charge on any atom is 0.293 e. The summed E-state index contributed by atoms with van der Waals surface area (Å²) < 4.78 is 1.68. The Balaban J connectivity index is 2.38. The predicted octanol–water partition coefficient (Wildman–Crippen LogP) is 3.49. The average Bonchev–Trinajstić information content (AvgIpc) is 2.86. The van der Waals surface area contributed by atoms with Gasteiger partial charge in [0.1, 0.15) is 5.52 Å². The number of para-hydroxylation sites is 1. The summed E-state index contributed by atoms with van der Waals surface area (Å²) in [4.78, 5) is 16.1. The lowest BCUT2D eigenvalue weighted by atomic mass is 10.1. The molecule has 0 saturated heterocycles. The Bertz CT molecular complexity index is 1090. The molecule has 0 bridgehead atoms. The molecule has 0 unspecified atom stereocenters. The van der Waals surface area contributed by atoms with Crippen molar-refractivity contribution in [2.24, 2.45) is 0 Å². The third-order valence-corrected chi connectivity index (χ3v) is 4.20. The summed E-state index contributed by atoms with van der Waals surface area (Å²) in [5.41, 5.74) is 2.33. The van der Waals surface area contributed by atoms with Crippen LogP contribution in [0.5, 0.6) is 0 Å². The van der Waals surface area contributed by atoms with Crippen LogP contribution in [0.1, 0.15) is 0 Å². The standard InChI is InChI=1S/C17H14ClN3O/c1-20(2)21-14-6-4-3-5-11(14)15-12-9-10(18)7-8-13(12)19-16(15)17(21)22/h3-9,19H,1-2H3. The molecule has 110 valence electrons. The smallest absolute Gasteiger partial charge is 0.293 e. The van der Waals surface area contributed by atoms with Gasteiger partial charge in [0.2, 0.25) is 0 Å². The first kappa shape index (κ1) is 13.2. The Labute approximate surface area is 131 Å². The third-order valence-electron chi connectivity index (χ3n) is 3.97. The minimum absolute atomic E-state index is 0.0639. The number of aromatic amines is 1. The van der Waals surface area contributed by atoms with E-state index < -0.39 is 0 Å². The molecule has 0 amide bonds. The van der Waals surface area contributed by atoms with Crippen LogP contribution in [0.3, 0.4) is 0 Å². The lowest BCUT2D eigenvalue weighted by Crippen LogP contribution is -2.36. The zero-order chi connectivity index (χ0) is 15.4. The summed E-state index contributed by atoms with van der Waals surface area (Å²) in [5.74, 6) is 0. The Morgan fingerprint density at radius 1 is 1.09 bits per heavy atom. The van der Waals surface area contributed by atoms with Gasteiger partial charge in [0.15, 0.2) is 0 Å². The van der Waals surface area contributed by atoms with Gasteiger partial charge in [-0.25, -0.2) is 4.68 Å². The molecule has 1 N–H and O–H groups in total. The first-order valence-electron chi connectivity index (χ1n) is 7.00. The van der Waals surface area contributed by atoms with E-state index in [1.807, 2.05) is 56.6 Å². The number of fused-ring (bicyclic) bond motifs is 5. The van der Waals surface area contributed by atoms with E-state index in [2.05, 4.69) is 4.98 Å². The van der Waals surface area contributed by atoms with Crippen LogP contribution in [0.25, 0.3) is 32.7 Å².